The first-order valence-electron chi connectivity index (χ1n) is 6.21. The van der Waals surface area contributed by atoms with Crippen LogP contribution in [0.2, 0.25) is 0 Å². The van der Waals surface area contributed by atoms with E-state index in [1.165, 1.54) is 7.11 Å². The Morgan fingerprint density at radius 1 is 0.955 bits per heavy atom. The van der Waals surface area contributed by atoms with Gasteiger partial charge in [-0.05, 0) is 58.4 Å². The molecule has 2 N–H and O–H groups in total. The molecule has 0 bridgehead atoms. The summed E-state index contributed by atoms with van der Waals surface area (Å²) >= 11 is 6.58. The van der Waals surface area contributed by atoms with Crippen LogP contribution in [0.1, 0.15) is 20.7 Å². The number of carbonyl (C=O) groups excluding carboxylic acids is 2. The third-order valence-electron chi connectivity index (χ3n) is 2.81. The van der Waals surface area contributed by atoms with E-state index in [4.69, 9.17) is 4.74 Å². The van der Waals surface area contributed by atoms with E-state index in [9.17, 15) is 9.59 Å². The Hall–Kier alpha value is -1.86. The van der Waals surface area contributed by atoms with Crippen LogP contribution in [0.5, 0.6) is 5.75 Å². The van der Waals surface area contributed by atoms with Crippen LogP contribution in [-0.4, -0.2) is 18.9 Å². The van der Waals surface area contributed by atoms with Crippen molar-refractivity contribution in [3.05, 3.63) is 62.5 Å². The molecule has 0 heterocycles. The monoisotopic (exact) mass is 426 g/mol. The number of nitrogens with one attached hydrogen (secondary N) is 2. The molecule has 0 fully saturated rings. The summed E-state index contributed by atoms with van der Waals surface area (Å²) in [6.45, 7) is 0. The lowest BCUT2D eigenvalue weighted by Crippen LogP contribution is -2.41. The average molecular weight is 428 g/mol. The second-order valence-electron chi connectivity index (χ2n) is 4.26. The standard InChI is InChI=1S/C15H12Br2N2O3/c1-22-11-6-7-13(17)12(8-11)15(21)19-18-14(20)9-2-4-10(16)5-3-9/h2-8H,1H3,(H,18,20)(H,19,21). The lowest BCUT2D eigenvalue weighted by Gasteiger charge is -2.10. The van der Waals surface area contributed by atoms with Gasteiger partial charge in [-0.25, -0.2) is 0 Å². The molecule has 0 aromatic heterocycles. The number of benzene rings is 2. The van der Waals surface area contributed by atoms with Gasteiger partial charge in [-0.3, -0.25) is 20.4 Å². The van der Waals surface area contributed by atoms with E-state index in [2.05, 4.69) is 42.7 Å². The Bertz CT molecular complexity index is 702. The summed E-state index contributed by atoms with van der Waals surface area (Å²) in [7, 11) is 1.51. The fourth-order valence-corrected chi connectivity index (χ4v) is 2.35. The van der Waals surface area contributed by atoms with Crippen molar-refractivity contribution in [1.29, 1.82) is 0 Å². The summed E-state index contributed by atoms with van der Waals surface area (Å²) in [5, 5.41) is 0. The van der Waals surface area contributed by atoms with Gasteiger partial charge in [0.25, 0.3) is 11.8 Å². The second-order valence-corrected chi connectivity index (χ2v) is 6.03. The second kappa shape index (κ2) is 7.42. The summed E-state index contributed by atoms with van der Waals surface area (Å²) in [6, 6.07) is 11.8. The Kier molecular flexibility index (Phi) is 5.57. The summed E-state index contributed by atoms with van der Waals surface area (Å²) in [5.41, 5.74) is 5.53. The molecule has 2 amide bonds. The molecule has 0 aliphatic rings. The fourth-order valence-electron chi connectivity index (χ4n) is 1.66. The van der Waals surface area contributed by atoms with Gasteiger partial charge in [-0.1, -0.05) is 15.9 Å². The lowest BCUT2D eigenvalue weighted by molar-refractivity contribution is 0.0846. The zero-order chi connectivity index (χ0) is 16.1. The van der Waals surface area contributed by atoms with Crippen LogP contribution in [0.3, 0.4) is 0 Å². The molecule has 0 atom stereocenters. The highest BCUT2D eigenvalue weighted by Crippen LogP contribution is 2.22. The highest BCUT2D eigenvalue weighted by molar-refractivity contribution is 9.10. The summed E-state index contributed by atoms with van der Waals surface area (Å²) in [5.74, 6) is -0.302. The smallest absolute Gasteiger partial charge is 0.270 e. The van der Waals surface area contributed by atoms with Crippen molar-refractivity contribution < 1.29 is 14.3 Å². The third-order valence-corrected chi connectivity index (χ3v) is 4.03. The van der Waals surface area contributed by atoms with Gasteiger partial charge in [-0.2, -0.15) is 0 Å². The molecule has 0 saturated carbocycles. The first-order valence-corrected chi connectivity index (χ1v) is 7.79. The number of rotatable bonds is 3. The zero-order valence-corrected chi connectivity index (χ0v) is 14.7. The Morgan fingerprint density at radius 3 is 2.23 bits per heavy atom. The summed E-state index contributed by atoms with van der Waals surface area (Å²) in [6.07, 6.45) is 0. The average Bonchev–Trinajstić information content (AvgIpc) is 2.53. The molecule has 2 aromatic carbocycles. The van der Waals surface area contributed by atoms with E-state index in [1.807, 2.05) is 0 Å². The van der Waals surface area contributed by atoms with E-state index >= 15 is 0 Å². The SMILES string of the molecule is COc1ccc(Br)c(C(=O)NNC(=O)c2ccc(Br)cc2)c1. The molecule has 7 heteroatoms. The molecule has 0 unspecified atom stereocenters. The zero-order valence-electron chi connectivity index (χ0n) is 11.5. The molecule has 0 spiro atoms. The number of amides is 2. The van der Waals surface area contributed by atoms with Crippen molar-refractivity contribution in [3.8, 4) is 5.75 Å². The molecule has 22 heavy (non-hydrogen) atoms. The Morgan fingerprint density at radius 2 is 1.59 bits per heavy atom. The first-order chi connectivity index (χ1) is 10.5. The third kappa shape index (κ3) is 4.08. The number of hydrogen-bond donors (Lipinski definition) is 2. The van der Waals surface area contributed by atoms with Crippen molar-refractivity contribution >= 4 is 43.7 Å². The Labute approximate surface area is 144 Å². The minimum Gasteiger partial charge on any atom is -0.497 e. The predicted octanol–water partition coefficient (Wildman–Crippen LogP) is 3.30. The van der Waals surface area contributed by atoms with Crippen molar-refractivity contribution in [2.45, 2.75) is 0 Å². The molecule has 2 rings (SSSR count). The van der Waals surface area contributed by atoms with Crippen LogP contribution >= 0.6 is 31.9 Å². The molecule has 0 saturated heterocycles. The number of hydrogen-bond acceptors (Lipinski definition) is 3. The Balaban J connectivity index is 2.03. The first kappa shape index (κ1) is 16.5. The van der Waals surface area contributed by atoms with Crippen LogP contribution < -0.4 is 15.6 Å². The van der Waals surface area contributed by atoms with Crippen molar-refractivity contribution in [2.24, 2.45) is 0 Å². The number of hydrazine groups is 1. The normalized spacial score (nSPS) is 9.95. The van der Waals surface area contributed by atoms with E-state index in [0.29, 0.717) is 21.3 Å². The van der Waals surface area contributed by atoms with Gasteiger partial charge in [0, 0.05) is 14.5 Å². The van der Waals surface area contributed by atoms with E-state index in [-0.39, 0.29) is 0 Å². The quantitative estimate of drug-likeness (QED) is 0.738. The van der Waals surface area contributed by atoms with E-state index < -0.39 is 11.8 Å². The molecule has 0 aliphatic carbocycles. The van der Waals surface area contributed by atoms with Gasteiger partial charge in [0.1, 0.15) is 5.75 Å². The van der Waals surface area contributed by atoms with Crippen LogP contribution in [0.15, 0.2) is 51.4 Å². The highest BCUT2D eigenvalue weighted by atomic mass is 79.9. The molecule has 114 valence electrons. The van der Waals surface area contributed by atoms with Crippen molar-refractivity contribution in [1.82, 2.24) is 10.9 Å². The minimum atomic E-state index is -0.448. The maximum atomic E-state index is 12.1. The van der Waals surface area contributed by atoms with Gasteiger partial charge in [-0.15, -0.1) is 0 Å². The number of methoxy groups -OCH3 is 1. The van der Waals surface area contributed by atoms with Crippen LogP contribution in [-0.2, 0) is 0 Å². The predicted molar refractivity (Wildman–Crippen MR) is 89.8 cm³/mol. The van der Waals surface area contributed by atoms with Crippen LogP contribution in [0.25, 0.3) is 0 Å². The van der Waals surface area contributed by atoms with Gasteiger partial charge in [0.15, 0.2) is 0 Å². The van der Waals surface area contributed by atoms with Crippen LogP contribution in [0, 0.1) is 0 Å². The molecule has 2 aromatic rings. The fraction of sp³-hybridized carbons (Fsp3) is 0.0667. The number of carbonyl (C=O) groups is 2. The highest BCUT2D eigenvalue weighted by Gasteiger charge is 2.13. The van der Waals surface area contributed by atoms with Crippen molar-refractivity contribution in [2.75, 3.05) is 7.11 Å². The van der Waals surface area contributed by atoms with Gasteiger partial charge >= 0.3 is 0 Å². The molecule has 5 nitrogen and oxygen atoms in total. The molecule has 0 aliphatic heterocycles. The van der Waals surface area contributed by atoms with Gasteiger partial charge in [0.05, 0.1) is 12.7 Å². The van der Waals surface area contributed by atoms with Crippen molar-refractivity contribution in [3.63, 3.8) is 0 Å². The van der Waals surface area contributed by atoms with Crippen LogP contribution in [0.4, 0.5) is 0 Å². The minimum absolute atomic E-state index is 0.357. The largest absolute Gasteiger partial charge is 0.497 e. The topological polar surface area (TPSA) is 67.4 Å². The van der Waals surface area contributed by atoms with Gasteiger partial charge in [0.2, 0.25) is 0 Å². The summed E-state index contributed by atoms with van der Waals surface area (Å²) < 4.78 is 6.54. The lowest BCUT2D eigenvalue weighted by atomic mass is 10.2. The maximum absolute atomic E-state index is 12.1. The maximum Gasteiger partial charge on any atom is 0.270 e. The van der Waals surface area contributed by atoms with Gasteiger partial charge < -0.3 is 4.74 Å². The molecular weight excluding hydrogens is 416 g/mol. The van der Waals surface area contributed by atoms with E-state index in [1.54, 1.807) is 42.5 Å². The van der Waals surface area contributed by atoms with E-state index in [0.717, 1.165) is 4.47 Å². The number of ether oxygens (including phenoxy) is 1. The molecule has 0 radical (unpaired) electrons. The summed E-state index contributed by atoms with van der Waals surface area (Å²) in [4.78, 5) is 24.0. The molecular formula is C15H12Br2N2O3. The number of halogens is 2.